The molecule has 36 heavy (non-hydrogen) atoms. The van der Waals surface area contributed by atoms with Crippen LogP contribution in [-0.2, 0) is 9.16 Å². The summed E-state index contributed by atoms with van der Waals surface area (Å²) in [4.78, 5) is 2.03. The molecule has 0 saturated carbocycles. The second kappa shape index (κ2) is 10.3. The minimum atomic E-state index is -1.86. The Bertz CT molecular complexity index is 1120. The normalized spacial score (nSPS) is 20.4. The minimum absolute atomic E-state index is 0.133. The fourth-order valence-electron chi connectivity index (χ4n) is 4.12. The third kappa shape index (κ3) is 5.40. The molecule has 0 aromatic heterocycles. The third-order valence-corrected chi connectivity index (χ3v) is 12.1. The average molecular weight is 535 g/mol. The number of halogens is 2. The number of nitrogens with two attached hydrogens (primary N) is 1. The van der Waals surface area contributed by atoms with Crippen LogP contribution in [0.5, 0.6) is 5.75 Å². The standard InChI is InChI=1S/C26H36ClFN4O3Si/c1-17-13-20(27)23(34-11-12-35-36(5,6)26(2,3)4)14-21(17)32-25(29)31-22(15-33-16-24(31)30-32)18-7-9-19(28)10-8-18/h7-10,13-14,22,25H,11-12,15-16,29H2,1-6H3/t22?,25-/m1/s1. The topological polar surface area (TPSA) is 72.6 Å². The van der Waals surface area contributed by atoms with Gasteiger partial charge in [0.2, 0.25) is 0 Å². The molecule has 2 atom stereocenters. The van der Waals surface area contributed by atoms with Gasteiger partial charge in [0.05, 0.1) is 30.0 Å². The van der Waals surface area contributed by atoms with E-state index in [4.69, 9.17) is 36.3 Å². The van der Waals surface area contributed by atoms with Gasteiger partial charge < -0.3 is 18.8 Å². The Balaban J connectivity index is 1.51. The Morgan fingerprint density at radius 2 is 1.89 bits per heavy atom. The average Bonchev–Trinajstić information content (AvgIpc) is 3.14. The zero-order valence-corrected chi connectivity index (χ0v) is 23.6. The van der Waals surface area contributed by atoms with E-state index in [0.717, 1.165) is 22.6 Å². The lowest BCUT2D eigenvalue weighted by molar-refractivity contribution is 0.0604. The highest BCUT2D eigenvalue weighted by Crippen LogP contribution is 2.39. The van der Waals surface area contributed by atoms with E-state index in [9.17, 15) is 4.39 Å². The smallest absolute Gasteiger partial charge is 0.192 e. The van der Waals surface area contributed by atoms with Crippen LogP contribution in [-0.4, -0.2) is 51.8 Å². The summed E-state index contributed by atoms with van der Waals surface area (Å²) in [5.41, 5.74) is 9.34. The van der Waals surface area contributed by atoms with E-state index < -0.39 is 14.6 Å². The molecule has 2 heterocycles. The van der Waals surface area contributed by atoms with Gasteiger partial charge in [0.1, 0.15) is 24.8 Å². The molecule has 0 spiro atoms. The Hall–Kier alpha value is -2.17. The Kier molecular flexibility index (Phi) is 7.69. The predicted molar refractivity (Wildman–Crippen MR) is 145 cm³/mol. The van der Waals surface area contributed by atoms with Crippen LogP contribution in [0, 0.1) is 12.7 Å². The maximum atomic E-state index is 13.5. The highest BCUT2D eigenvalue weighted by atomic mass is 35.5. The molecule has 1 fully saturated rings. The molecule has 196 valence electrons. The molecule has 2 aliphatic heterocycles. The predicted octanol–water partition coefficient (Wildman–Crippen LogP) is 5.64. The molecule has 0 aliphatic carbocycles. The van der Waals surface area contributed by atoms with E-state index in [1.165, 1.54) is 12.1 Å². The van der Waals surface area contributed by atoms with Gasteiger partial charge in [0.15, 0.2) is 20.4 Å². The Labute approximate surface area is 219 Å². The van der Waals surface area contributed by atoms with Gasteiger partial charge in [-0.1, -0.05) is 44.5 Å². The summed E-state index contributed by atoms with van der Waals surface area (Å²) in [6.45, 7) is 14.7. The van der Waals surface area contributed by atoms with Gasteiger partial charge in [-0.05, 0) is 54.4 Å². The Morgan fingerprint density at radius 3 is 2.56 bits per heavy atom. The number of nitrogens with zero attached hydrogens (tertiary/aromatic N) is 3. The number of anilines is 1. The lowest BCUT2D eigenvalue weighted by Crippen LogP contribution is -2.54. The number of aryl methyl sites for hydroxylation is 1. The SMILES string of the molecule is Cc1cc(Cl)c(OCCO[Si](C)(C)C(C)(C)C)cc1N1N=C2COCC(c3ccc(F)cc3)N2[C@H]1N. The quantitative estimate of drug-likeness (QED) is 0.366. The first-order valence-corrected chi connectivity index (χ1v) is 15.5. The summed E-state index contributed by atoms with van der Waals surface area (Å²) >= 11 is 6.52. The number of hydrazone groups is 1. The molecular formula is C26H36ClFN4O3Si. The van der Waals surface area contributed by atoms with Crippen molar-refractivity contribution in [1.29, 1.82) is 0 Å². The number of ether oxygens (including phenoxy) is 2. The Morgan fingerprint density at radius 1 is 1.19 bits per heavy atom. The van der Waals surface area contributed by atoms with Crippen LogP contribution in [0.3, 0.4) is 0 Å². The molecule has 0 amide bonds. The van der Waals surface area contributed by atoms with Crippen molar-refractivity contribution in [3.8, 4) is 5.75 Å². The number of rotatable bonds is 7. The molecule has 10 heteroatoms. The van der Waals surface area contributed by atoms with Gasteiger partial charge in [-0.2, -0.15) is 5.10 Å². The summed E-state index contributed by atoms with van der Waals surface area (Å²) in [6.07, 6.45) is -0.561. The summed E-state index contributed by atoms with van der Waals surface area (Å²) < 4.78 is 31.5. The number of fused-ring (bicyclic) bond motifs is 1. The number of morpholine rings is 1. The zero-order valence-electron chi connectivity index (χ0n) is 21.8. The van der Waals surface area contributed by atoms with Crippen molar-refractivity contribution in [2.75, 3.05) is 31.4 Å². The number of amidine groups is 1. The zero-order chi connectivity index (χ0) is 26.3. The monoisotopic (exact) mass is 534 g/mol. The van der Waals surface area contributed by atoms with Crippen molar-refractivity contribution < 1.29 is 18.3 Å². The van der Waals surface area contributed by atoms with E-state index in [-0.39, 0.29) is 16.9 Å². The molecule has 2 aromatic rings. The number of hydrogen-bond acceptors (Lipinski definition) is 7. The van der Waals surface area contributed by atoms with Crippen LogP contribution in [0.15, 0.2) is 41.5 Å². The van der Waals surface area contributed by atoms with Crippen LogP contribution in [0.2, 0.25) is 23.2 Å². The van der Waals surface area contributed by atoms with Crippen LogP contribution in [0.1, 0.15) is 37.9 Å². The fraction of sp³-hybridized carbons (Fsp3) is 0.500. The van der Waals surface area contributed by atoms with E-state index in [0.29, 0.717) is 37.2 Å². The third-order valence-electron chi connectivity index (χ3n) is 7.26. The number of benzene rings is 2. The molecule has 2 aliphatic rings. The van der Waals surface area contributed by atoms with E-state index in [1.807, 2.05) is 24.0 Å². The lowest BCUT2D eigenvalue weighted by atomic mass is 10.0. The van der Waals surface area contributed by atoms with Gasteiger partial charge in [-0.25, -0.2) is 9.40 Å². The first-order valence-electron chi connectivity index (χ1n) is 12.2. The van der Waals surface area contributed by atoms with Crippen LogP contribution in [0.25, 0.3) is 0 Å². The van der Waals surface area contributed by atoms with Crippen molar-refractivity contribution in [3.05, 3.63) is 58.4 Å². The van der Waals surface area contributed by atoms with Crippen molar-refractivity contribution in [1.82, 2.24) is 4.90 Å². The molecule has 2 aromatic carbocycles. The van der Waals surface area contributed by atoms with Gasteiger partial charge in [0, 0.05) is 6.07 Å². The van der Waals surface area contributed by atoms with E-state index in [2.05, 4.69) is 33.9 Å². The van der Waals surface area contributed by atoms with Crippen LogP contribution >= 0.6 is 11.6 Å². The van der Waals surface area contributed by atoms with Crippen LogP contribution in [0.4, 0.5) is 10.1 Å². The highest BCUT2D eigenvalue weighted by molar-refractivity contribution is 6.74. The molecule has 7 nitrogen and oxygen atoms in total. The van der Waals surface area contributed by atoms with Gasteiger partial charge in [0.25, 0.3) is 0 Å². The molecule has 1 unspecified atom stereocenters. The lowest BCUT2D eigenvalue weighted by Gasteiger charge is -2.38. The first kappa shape index (κ1) is 26.9. The summed E-state index contributed by atoms with van der Waals surface area (Å²) in [6, 6.07) is 9.97. The van der Waals surface area contributed by atoms with Gasteiger partial charge in [-0.3, -0.25) is 5.73 Å². The molecular weight excluding hydrogens is 499 g/mol. The van der Waals surface area contributed by atoms with Crippen molar-refractivity contribution in [2.45, 2.75) is 58.2 Å². The fourth-order valence-corrected chi connectivity index (χ4v) is 5.42. The van der Waals surface area contributed by atoms with Gasteiger partial charge in [-0.15, -0.1) is 0 Å². The van der Waals surface area contributed by atoms with E-state index in [1.54, 1.807) is 17.1 Å². The second-order valence-electron chi connectivity index (χ2n) is 10.8. The summed E-state index contributed by atoms with van der Waals surface area (Å²) in [5, 5.41) is 7.20. The summed E-state index contributed by atoms with van der Waals surface area (Å²) in [5.74, 6) is 0.998. The van der Waals surface area contributed by atoms with E-state index >= 15 is 0 Å². The minimum Gasteiger partial charge on any atom is -0.490 e. The summed E-state index contributed by atoms with van der Waals surface area (Å²) in [7, 11) is -1.86. The number of hydrogen-bond donors (Lipinski definition) is 1. The second-order valence-corrected chi connectivity index (χ2v) is 16.0. The molecule has 0 radical (unpaired) electrons. The largest absolute Gasteiger partial charge is 0.490 e. The van der Waals surface area contributed by atoms with Crippen molar-refractivity contribution >= 4 is 31.4 Å². The maximum Gasteiger partial charge on any atom is 0.192 e. The highest BCUT2D eigenvalue weighted by Gasteiger charge is 2.41. The van der Waals surface area contributed by atoms with Crippen molar-refractivity contribution in [3.63, 3.8) is 0 Å². The van der Waals surface area contributed by atoms with Crippen molar-refractivity contribution in [2.24, 2.45) is 10.8 Å². The molecule has 2 N–H and O–H groups in total. The molecule has 0 bridgehead atoms. The first-order chi connectivity index (χ1) is 16.9. The van der Waals surface area contributed by atoms with Gasteiger partial charge >= 0.3 is 0 Å². The van der Waals surface area contributed by atoms with Crippen LogP contribution < -0.4 is 15.5 Å². The molecule has 1 saturated heterocycles. The molecule has 4 rings (SSSR count). The maximum absolute atomic E-state index is 13.5.